The average Bonchev–Trinajstić information content (AvgIpc) is 3.12. The molecule has 33 heavy (non-hydrogen) atoms. The molecule has 0 aromatic heterocycles. The van der Waals surface area contributed by atoms with Crippen LogP contribution in [0, 0.1) is 5.82 Å². The first-order chi connectivity index (χ1) is 15.8. The summed E-state index contributed by atoms with van der Waals surface area (Å²) >= 11 is 0. The van der Waals surface area contributed by atoms with Crippen molar-refractivity contribution in [2.45, 2.75) is 12.1 Å². The quantitative estimate of drug-likeness (QED) is 0.518. The van der Waals surface area contributed by atoms with Gasteiger partial charge in [-0.3, -0.25) is 14.7 Å². The van der Waals surface area contributed by atoms with Crippen LogP contribution in [0.1, 0.15) is 17.0 Å². The van der Waals surface area contributed by atoms with Gasteiger partial charge in [0.05, 0.1) is 17.9 Å². The molecule has 0 saturated carbocycles. The maximum Gasteiger partial charge on any atom is 0.418 e. The minimum absolute atomic E-state index is 0.0439. The van der Waals surface area contributed by atoms with Gasteiger partial charge in [-0.2, -0.15) is 13.2 Å². The first kappa shape index (κ1) is 23.2. The number of alkyl halides is 3. The highest BCUT2D eigenvalue weighted by atomic mass is 19.4. The zero-order chi connectivity index (χ0) is 23.6. The largest absolute Gasteiger partial charge is 0.418 e. The Bertz CT molecular complexity index is 1050. The summed E-state index contributed by atoms with van der Waals surface area (Å²) in [5, 5.41) is 2.56. The van der Waals surface area contributed by atoms with Crippen molar-refractivity contribution in [1.29, 1.82) is 0 Å². The Morgan fingerprint density at radius 1 is 1.18 bits per heavy atom. The molecule has 2 aromatic carbocycles. The number of methoxy groups -OCH3 is 1. The minimum atomic E-state index is -4.57. The van der Waals surface area contributed by atoms with Crippen molar-refractivity contribution in [2.75, 3.05) is 56.7 Å². The number of rotatable bonds is 6. The van der Waals surface area contributed by atoms with Gasteiger partial charge in [0.25, 0.3) is 0 Å². The molecule has 1 saturated heterocycles. The molecule has 10 heteroatoms. The monoisotopic (exact) mass is 464 g/mol. The molecular formula is C23H24F4N4O2. The first-order valence-corrected chi connectivity index (χ1v) is 10.6. The second-order valence-corrected chi connectivity index (χ2v) is 7.97. The summed E-state index contributed by atoms with van der Waals surface area (Å²) < 4.78 is 60.8. The first-order valence-electron chi connectivity index (χ1n) is 10.6. The van der Waals surface area contributed by atoms with Gasteiger partial charge < -0.3 is 15.0 Å². The number of carbonyl (C=O) groups excluding carboxylic acids is 1. The van der Waals surface area contributed by atoms with Gasteiger partial charge in [-0.15, -0.1) is 0 Å². The number of fused-ring (bicyclic) bond motifs is 1. The number of hydrogen-bond acceptors (Lipinski definition) is 5. The molecule has 1 amide bonds. The van der Waals surface area contributed by atoms with Gasteiger partial charge in [0.2, 0.25) is 5.91 Å². The Balaban J connectivity index is 1.55. The van der Waals surface area contributed by atoms with E-state index in [4.69, 9.17) is 4.74 Å². The summed E-state index contributed by atoms with van der Waals surface area (Å²) in [6.07, 6.45) is -3.38. The van der Waals surface area contributed by atoms with E-state index in [0.717, 1.165) is 12.6 Å². The Morgan fingerprint density at radius 3 is 2.64 bits per heavy atom. The fourth-order valence-electron chi connectivity index (χ4n) is 4.15. The van der Waals surface area contributed by atoms with Crippen molar-refractivity contribution in [3.05, 3.63) is 53.3 Å². The number of aliphatic imine (C=N–C) groups is 1. The van der Waals surface area contributed by atoms with E-state index in [-0.39, 0.29) is 16.9 Å². The maximum atomic E-state index is 14.2. The number of nitrogens with one attached hydrogen (secondary N) is 1. The number of halogens is 4. The van der Waals surface area contributed by atoms with Crippen LogP contribution in [0.25, 0.3) is 0 Å². The standard InChI is InChI=1S/C23H24F4N4O2/c1-33-12-11-30-7-9-31(10-8-30)20-6-5-15(13-17(20)23(25,26)27)28-14-16-21-18(24)3-2-4-19(21)29-22(16)32/h2-6,13-14,16H,7-12H2,1H3,(H,29,32). The number of ether oxygens (including phenoxy) is 1. The van der Waals surface area contributed by atoms with Crippen LogP contribution in [0.15, 0.2) is 41.4 Å². The smallest absolute Gasteiger partial charge is 0.383 e. The number of nitrogens with zero attached hydrogens (tertiary/aromatic N) is 3. The molecule has 4 rings (SSSR count). The van der Waals surface area contributed by atoms with Gasteiger partial charge >= 0.3 is 6.18 Å². The molecule has 2 aliphatic heterocycles. The third kappa shape index (κ3) is 5.01. The van der Waals surface area contributed by atoms with Crippen LogP contribution in [0.4, 0.5) is 34.6 Å². The third-order valence-electron chi connectivity index (χ3n) is 5.89. The molecule has 2 heterocycles. The number of benzene rings is 2. The molecule has 1 unspecified atom stereocenters. The number of piperazine rings is 1. The lowest BCUT2D eigenvalue weighted by Crippen LogP contribution is -2.47. The van der Waals surface area contributed by atoms with Crippen LogP contribution in [0.2, 0.25) is 0 Å². The molecule has 0 aliphatic carbocycles. The van der Waals surface area contributed by atoms with Gasteiger partial charge in [0.1, 0.15) is 11.7 Å². The molecule has 176 valence electrons. The van der Waals surface area contributed by atoms with Crippen molar-refractivity contribution in [3.63, 3.8) is 0 Å². The van der Waals surface area contributed by atoms with Crippen LogP contribution in [0.5, 0.6) is 0 Å². The third-order valence-corrected chi connectivity index (χ3v) is 5.89. The topological polar surface area (TPSA) is 57.2 Å². The molecule has 2 aromatic rings. The molecule has 0 spiro atoms. The predicted molar refractivity (Wildman–Crippen MR) is 118 cm³/mol. The number of anilines is 2. The van der Waals surface area contributed by atoms with E-state index in [2.05, 4.69) is 15.2 Å². The zero-order valence-corrected chi connectivity index (χ0v) is 18.0. The predicted octanol–water partition coefficient (Wildman–Crippen LogP) is 4.05. The summed E-state index contributed by atoms with van der Waals surface area (Å²) in [4.78, 5) is 20.2. The summed E-state index contributed by atoms with van der Waals surface area (Å²) in [6.45, 7) is 3.53. The number of carbonyl (C=O) groups is 1. The zero-order valence-electron chi connectivity index (χ0n) is 18.0. The van der Waals surface area contributed by atoms with Crippen molar-refractivity contribution in [2.24, 2.45) is 4.99 Å². The van der Waals surface area contributed by atoms with E-state index < -0.39 is 29.4 Å². The normalized spacial score (nSPS) is 19.2. The highest BCUT2D eigenvalue weighted by molar-refractivity contribution is 6.12. The van der Waals surface area contributed by atoms with Gasteiger partial charge in [0.15, 0.2) is 0 Å². The van der Waals surface area contributed by atoms with Crippen molar-refractivity contribution in [1.82, 2.24) is 4.90 Å². The van der Waals surface area contributed by atoms with E-state index in [1.807, 2.05) is 0 Å². The van der Waals surface area contributed by atoms with Gasteiger partial charge in [-0.25, -0.2) is 4.39 Å². The van der Waals surface area contributed by atoms with Crippen LogP contribution in [0.3, 0.4) is 0 Å². The van der Waals surface area contributed by atoms with Gasteiger partial charge in [-0.1, -0.05) is 6.07 Å². The van der Waals surface area contributed by atoms with Crippen molar-refractivity contribution < 1.29 is 27.1 Å². The second-order valence-electron chi connectivity index (χ2n) is 7.97. The average molecular weight is 464 g/mol. The van der Waals surface area contributed by atoms with Crippen LogP contribution in [-0.4, -0.2) is 63.5 Å². The summed E-state index contributed by atoms with van der Waals surface area (Å²) in [5.74, 6) is -2.05. The molecule has 2 aliphatic rings. The number of amides is 1. The molecule has 1 atom stereocenters. The molecule has 6 nitrogen and oxygen atoms in total. The Kier molecular flexibility index (Phi) is 6.66. The molecule has 1 N–H and O–H groups in total. The number of hydrogen-bond donors (Lipinski definition) is 1. The molecule has 0 bridgehead atoms. The fourth-order valence-corrected chi connectivity index (χ4v) is 4.15. The molecule has 1 fully saturated rings. The highest BCUT2D eigenvalue weighted by Gasteiger charge is 2.36. The molecular weight excluding hydrogens is 440 g/mol. The lowest BCUT2D eigenvalue weighted by molar-refractivity contribution is -0.137. The highest BCUT2D eigenvalue weighted by Crippen LogP contribution is 2.40. The SMILES string of the molecule is COCCN1CCN(c2ccc(N=CC3C(=O)Nc4cccc(F)c43)cc2C(F)(F)F)CC1. The van der Waals surface area contributed by atoms with E-state index in [1.165, 1.54) is 30.5 Å². The summed E-state index contributed by atoms with van der Waals surface area (Å²) in [5.41, 5.74) is -0.159. The Labute approximate surface area is 188 Å². The van der Waals surface area contributed by atoms with Crippen molar-refractivity contribution >= 4 is 29.2 Å². The van der Waals surface area contributed by atoms with E-state index in [0.29, 0.717) is 38.5 Å². The van der Waals surface area contributed by atoms with Crippen LogP contribution in [-0.2, 0) is 15.7 Å². The summed E-state index contributed by atoms with van der Waals surface area (Å²) in [6, 6.07) is 8.12. The fraction of sp³-hybridized carbons (Fsp3) is 0.391. The van der Waals surface area contributed by atoms with Crippen molar-refractivity contribution in [3.8, 4) is 0 Å². The van der Waals surface area contributed by atoms with E-state index >= 15 is 0 Å². The van der Waals surface area contributed by atoms with Gasteiger partial charge in [0, 0.05) is 63.0 Å². The minimum Gasteiger partial charge on any atom is -0.383 e. The van der Waals surface area contributed by atoms with Crippen LogP contribution >= 0.6 is 0 Å². The second kappa shape index (κ2) is 9.48. The van der Waals surface area contributed by atoms with E-state index in [1.54, 1.807) is 18.1 Å². The summed E-state index contributed by atoms with van der Waals surface area (Å²) in [7, 11) is 1.62. The lowest BCUT2D eigenvalue weighted by Gasteiger charge is -2.37. The maximum absolute atomic E-state index is 14.2. The van der Waals surface area contributed by atoms with E-state index in [9.17, 15) is 22.4 Å². The Morgan fingerprint density at radius 2 is 1.94 bits per heavy atom. The van der Waals surface area contributed by atoms with Crippen LogP contribution < -0.4 is 10.2 Å². The van der Waals surface area contributed by atoms with Gasteiger partial charge in [-0.05, 0) is 30.3 Å². The Hall–Kier alpha value is -2.98. The lowest BCUT2D eigenvalue weighted by atomic mass is 10.0. The molecule has 0 radical (unpaired) electrons.